The Kier molecular flexibility index (Phi) is 5.25. The van der Waals surface area contributed by atoms with E-state index < -0.39 is 0 Å². The van der Waals surface area contributed by atoms with Crippen LogP contribution in [0.5, 0.6) is 5.88 Å². The summed E-state index contributed by atoms with van der Waals surface area (Å²) in [6.07, 6.45) is 7.24. The molecule has 10 nitrogen and oxygen atoms in total. The van der Waals surface area contributed by atoms with Crippen LogP contribution < -0.4 is 10.1 Å². The first-order valence-electron chi connectivity index (χ1n) is 11.4. The maximum atomic E-state index is 5.23. The van der Waals surface area contributed by atoms with Gasteiger partial charge in [0.2, 0.25) is 5.88 Å². The molecule has 0 aliphatic carbocycles. The molecule has 10 heteroatoms. The lowest BCUT2D eigenvalue weighted by atomic mass is 10.0. The predicted octanol–water partition coefficient (Wildman–Crippen LogP) is 3.92. The third-order valence-corrected chi connectivity index (χ3v) is 6.30. The molecule has 0 aliphatic heterocycles. The maximum absolute atomic E-state index is 5.23. The molecule has 0 fully saturated rings. The monoisotopic (exact) mass is 477 g/mol. The van der Waals surface area contributed by atoms with Gasteiger partial charge in [-0.25, -0.2) is 9.67 Å². The number of pyridine rings is 1. The summed E-state index contributed by atoms with van der Waals surface area (Å²) in [5, 5.41) is 16.9. The van der Waals surface area contributed by atoms with E-state index in [-0.39, 0.29) is 6.04 Å². The zero-order valence-electron chi connectivity index (χ0n) is 20.0. The van der Waals surface area contributed by atoms with Gasteiger partial charge in [-0.1, -0.05) is 12.1 Å². The van der Waals surface area contributed by atoms with Crippen molar-refractivity contribution in [3.8, 4) is 17.0 Å². The molecule has 1 unspecified atom stereocenters. The lowest BCUT2D eigenvalue weighted by molar-refractivity contribution is 0.397. The third-order valence-electron chi connectivity index (χ3n) is 6.30. The van der Waals surface area contributed by atoms with Crippen LogP contribution in [0.1, 0.15) is 17.4 Å². The average molecular weight is 478 g/mol. The van der Waals surface area contributed by atoms with Crippen molar-refractivity contribution in [2.45, 2.75) is 6.04 Å². The van der Waals surface area contributed by atoms with Gasteiger partial charge in [0.05, 0.1) is 18.1 Å². The smallest absolute Gasteiger partial charge is 0.212 e. The minimum absolute atomic E-state index is 0.360. The molecule has 0 spiro atoms. The molecule has 4 aromatic heterocycles. The van der Waals surface area contributed by atoms with E-state index in [1.54, 1.807) is 30.4 Å². The number of aromatic nitrogens is 8. The Morgan fingerprint density at radius 2 is 1.83 bits per heavy atom. The third kappa shape index (κ3) is 3.78. The summed E-state index contributed by atoms with van der Waals surface area (Å²) >= 11 is 0. The minimum Gasteiger partial charge on any atom is -0.481 e. The van der Waals surface area contributed by atoms with Crippen molar-refractivity contribution in [1.29, 1.82) is 0 Å². The number of rotatable bonds is 6. The summed E-state index contributed by atoms with van der Waals surface area (Å²) in [6.45, 7) is 0. The average Bonchev–Trinajstić information content (AvgIpc) is 3.51. The second kappa shape index (κ2) is 8.73. The predicted molar refractivity (Wildman–Crippen MR) is 137 cm³/mol. The number of hydrogen-bond donors (Lipinski definition) is 1. The van der Waals surface area contributed by atoms with Gasteiger partial charge in [0, 0.05) is 67.3 Å². The molecule has 0 bridgehead atoms. The number of anilines is 1. The molecule has 0 saturated heterocycles. The van der Waals surface area contributed by atoms with Crippen molar-refractivity contribution < 1.29 is 4.74 Å². The van der Waals surface area contributed by atoms with Crippen molar-refractivity contribution in [2.75, 3.05) is 12.4 Å². The Morgan fingerprint density at radius 1 is 0.944 bits per heavy atom. The summed E-state index contributed by atoms with van der Waals surface area (Å²) in [5.41, 5.74) is 6.55. The number of nitrogens with one attached hydrogen (secondary N) is 1. The molecule has 6 aromatic rings. The molecule has 0 amide bonds. The van der Waals surface area contributed by atoms with Crippen LogP contribution in [0, 0.1) is 0 Å². The number of aryl methyl sites for hydroxylation is 2. The van der Waals surface area contributed by atoms with Crippen LogP contribution in [0.15, 0.2) is 73.3 Å². The van der Waals surface area contributed by atoms with Crippen LogP contribution >= 0.6 is 0 Å². The summed E-state index contributed by atoms with van der Waals surface area (Å²) in [4.78, 5) is 13.6. The molecule has 0 aliphatic rings. The van der Waals surface area contributed by atoms with Crippen LogP contribution in [0.25, 0.3) is 33.1 Å². The zero-order valence-corrected chi connectivity index (χ0v) is 20.0. The van der Waals surface area contributed by atoms with Gasteiger partial charge in [-0.3, -0.25) is 9.97 Å². The highest BCUT2D eigenvalue weighted by Crippen LogP contribution is 2.34. The SMILES string of the molecule is COc1ccc(C(Nc2cc(-c3ccc4ccn(C)c4c3)c3nccnc3c2)c2nnnn2C)cn1. The van der Waals surface area contributed by atoms with Gasteiger partial charge in [-0.05, 0) is 51.7 Å². The Balaban J connectivity index is 1.48. The molecule has 1 N–H and O–H groups in total. The van der Waals surface area contributed by atoms with Crippen LogP contribution in [0.3, 0.4) is 0 Å². The zero-order chi connectivity index (χ0) is 24.6. The Labute approximate surface area is 206 Å². The van der Waals surface area contributed by atoms with Gasteiger partial charge in [0.15, 0.2) is 5.82 Å². The standard InChI is InChI=1S/C26H23N9O/c1-34-11-8-16-4-5-17(12-22(16)34)20-13-19(14-21-25(20)28-10-9-27-21)30-24(26-31-32-33-35(26)2)18-6-7-23(36-3)29-15-18/h4-15,24,30H,1-3H3. The first-order valence-corrected chi connectivity index (χ1v) is 11.4. The number of benzene rings is 2. The van der Waals surface area contributed by atoms with E-state index in [0.29, 0.717) is 11.7 Å². The van der Waals surface area contributed by atoms with Crippen molar-refractivity contribution in [3.63, 3.8) is 0 Å². The van der Waals surface area contributed by atoms with Crippen LogP contribution in [0.4, 0.5) is 5.69 Å². The van der Waals surface area contributed by atoms with E-state index in [9.17, 15) is 0 Å². The van der Waals surface area contributed by atoms with E-state index in [0.717, 1.165) is 38.9 Å². The van der Waals surface area contributed by atoms with Gasteiger partial charge in [-0.2, -0.15) is 0 Å². The highest BCUT2D eigenvalue weighted by atomic mass is 16.5. The summed E-state index contributed by atoms with van der Waals surface area (Å²) in [5.74, 6) is 1.18. The molecular weight excluding hydrogens is 454 g/mol. The number of hydrogen-bond acceptors (Lipinski definition) is 8. The number of ether oxygens (including phenoxy) is 1. The van der Waals surface area contributed by atoms with Crippen LogP contribution in [-0.2, 0) is 14.1 Å². The molecule has 178 valence electrons. The molecule has 6 rings (SSSR count). The first-order chi connectivity index (χ1) is 17.6. The topological polar surface area (TPSA) is 108 Å². The van der Waals surface area contributed by atoms with Gasteiger partial charge in [0.25, 0.3) is 0 Å². The molecule has 2 aromatic carbocycles. The largest absolute Gasteiger partial charge is 0.481 e. The molecule has 36 heavy (non-hydrogen) atoms. The molecule has 4 heterocycles. The van der Waals surface area contributed by atoms with E-state index in [1.165, 1.54) is 5.39 Å². The Bertz CT molecular complexity index is 1690. The number of methoxy groups -OCH3 is 1. The summed E-state index contributed by atoms with van der Waals surface area (Å²) < 4.78 is 8.99. The van der Waals surface area contributed by atoms with E-state index in [2.05, 4.69) is 76.9 Å². The Morgan fingerprint density at radius 3 is 2.61 bits per heavy atom. The van der Waals surface area contributed by atoms with Gasteiger partial charge >= 0.3 is 0 Å². The normalized spacial score (nSPS) is 12.2. The van der Waals surface area contributed by atoms with Crippen molar-refractivity contribution in [3.05, 3.63) is 84.7 Å². The van der Waals surface area contributed by atoms with Crippen LogP contribution in [-0.4, -0.2) is 46.8 Å². The Hall–Kier alpha value is -4.86. The summed E-state index contributed by atoms with van der Waals surface area (Å²) in [6, 6.07) is 16.0. The van der Waals surface area contributed by atoms with Crippen molar-refractivity contribution in [2.24, 2.45) is 14.1 Å². The van der Waals surface area contributed by atoms with E-state index in [4.69, 9.17) is 4.74 Å². The number of tetrazole rings is 1. The second-order valence-electron chi connectivity index (χ2n) is 8.52. The quantitative estimate of drug-likeness (QED) is 0.385. The molecule has 0 radical (unpaired) electrons. The fourth-order valence-electron chi connectivity index (χ4n) is 4.44. The van der Waals surface area contributed by atoms with Gasteiger partial charge in [-0.15, -0.1) is 5.10 Å². The maximum Gasteiger partial charge on any atom is 0.212 e. The van der Waals surface area contributed by atoms with Crippen molar-refractivity contribution >= 4 is 27.6 Å². The highest BCUT2D eigenvalue weighted by molar-refractivity contribution is 5.97. The van der Waals surface area contributed by atoms with Crippen LogP contribution in [0.2, 0.25) is 0 Å². The molecule has 0 saturated carbocycles. The fraction of sp³-hybridized carbons (Fsp3) is 0.154. The molecular formula is C26H23N9O. The number of nitrogens with zero attached hydrogens (tertiary/aromatic N) is 8. The van der Waals surface area contributed by atoms with E-state index in [1.807, 2.05) is 32.3 Å². The van der Waals surface area contributed by atoms with Crippen molar-refractivity contribution in [1.82, 2.24) is 39.7 Å². The summed E-state index contributed by atoms with van der Waals surface area (Å²) in [7, 11) is 5.45. The molecule has 1 atom stereocenters. The number of fused-ring (bicyclic) bond motifs is 2. The highest BCUT2D eigenvalue weighted by Gasteiger charge is 2.22. The van der Waals surface area contributed by atoms with Gasteiger partial charge < -0.3 is 14.6 Å². The lowest BCUT2D eigenvalue weighted by Crippen LogP contribution is -2.17. The first kappa shape index (κ1) is 21.7. The fourth-order valence-corrected chi connectivity index (χ4v) is 4.44. The van der Waals surface area contributed by atoms with Gasteiger partial charge in [0.1, 0.15) is 6.04 Å². The van der Waals surface area contributed by atoms with E-state index >= 15 is 0 Å². The second-order valence-corrected chi connectivity index (χ2v) is 8.52. The lowest BCUT2D eigenvalue weighted by Gasteiger charge is -2.20. The minimum atomic E-state index is -0.360.